The lowest BCUT2D eigenvalue weighted by molar-refractivity contribution is -0.384. The highest BCUT2D eigenvalue weighted by Gasteiger charge is 2.54. The second-order valence-electron chi connectivity index (χ2n) is 7.36. The summed E-state index contributed by atoms with van der Waals surface area (Å²) in [5.41, 5.74) is 0.133. The van der Waals surface area contributed by atoms with Crippen molar-refractivity contribution in [3.05, 3.63) is 34.1 Å². The molecule has 24 heavy (non-hydrogen) atoms. The molecule has 2 unspecified atom stereocenters. The molecule has 0 spiro atoms. The maximum atomic E-state index is 14.2. The van der Waals surface area contributed by atoms with Crippen molar-refractivity contribution in [1.82, 2.24) is 4.90 Å². The van der Waals surface area contributed by atoms with Crippen LogP contribution in [0.3, 0.4) is 0 Å². The molecule has 3 heterocycles. The molecular formula is C17H22FN3O3. The quantitative estimate of drug-likeness (QED) is 0.628. The molecule has 7 heteroatoms. The average molecular weight is 335 g/mol. The first kappa shape index (κ1) is 15.8. The summed E-state index contributed by atoms with van der Waals surface area (Å²) in [6.45, 7) is 5.12. The van der Waals surface area contributed by atoms with Crippen molar-refractivity contribution < 1.29 is 14.1 Å². The molecule has 2 atom stereocenters. The van der Waals surface area contributed by atoms with E-state index >= 15 is 0 Å². The van der Waals surface area contributed by atoms with E-state index in [2.05, 4.69) is 11.8 Å². The highest BCUT2D eigenvalue weighted by atomic mass is 19.1. The summed E-state index contributed by atoms with van der Waals surface area (Å²) in [6.07, 6.45) is 2.99. The summed E-state index contributed by atoms with van der Waals surface area (Å²) in [4.78, 5) is 15.1. The molecule has 0 aromatic heterocycles. The number of rotatable bonds is 3. The van der Waals surface area contributed by atoms with Crippen LogP contribution in [0.1, 0.15) is 26.2 Å². The molecule has 0 amide bonds. The number of hydrogen-bond acceptors (Lipinski definition) is 5. The maximum Gasteiger partial charge on any atom is 0.295 e. The van der Waals surface area contributed by atoms with Crippen molar-refractivity contribution in [2.45, 2.75) is 43.8 Å². The summed E-state index contributed by atoms with van der Waals surface area (Å²) >= 11 is 0. The Morgan fingerprint density at radius 3 is 2.71 bits per heavy atom. The van der Waals surface area contributed by atoms with Gasteiger partial charge in [0.2, 0.25) is 0 Å². The number of nitrogens with zero attached hydrogens (tertiary/aromatic N) is 3. The van der Waals surface area contributed by atoms with Gasteiger partial charge in [0.1, 0.15) is 0 Å². The summed E-state index contributed by atoms with van der Waals surface area (Å²) in [5.74, 6) is -0.510. The molecule has 1 aromatic carbocycles. The fourth-order valence-corrected chi connectivity index (χ4v) is 4.80. The molecule has 2 bridgehead atoms. The van der Waals surface area contributed by atoms with Gasteiger partial charge < -0.3 is 9.64 Å². The molecular weight excluding hydrogens is 313 g/mol. The fraction of sp³-hybridized carbons (Fsp3) is 0.647. The highest BCUT2D eigenvalue weighted by Crippen LogP contribution is 2.44. The predicted molar refractivity (Wildman–Crippen MR) is 87.8 cm³/mol. The number of anilines is 1. The van der Waals surface area contributed by atoms with E-state index < -0.39 is 10.7 Å². The third-order valence-electron chi connectivity index (χ3n) is 5.75. The van der Waals surface area contributed by atoms with Gasteiger partial charge in [-0.3, -0.25) is 15.0 Å². The molecule has 0 radical (unpaired) electrons. The monoisotopic (exact) mass is 335 g/mol. The normalized spacial score (nSPS) is 30.9. The smallest absolute Gasteiger partial charge is 0.295 e. The van der Waals surface area contributed by atoms with Crippen LogP contribution >= 0.6 is 0 Å². The van der Waals surface area contributed by atoms with E-state index in [4.69, 9.17) is 4.74 Å². The minimum Gasteiger partial charge on any atom is -0.378 e. The van der Waals surface area contributed by atoms with Gasteiger partial charge in [-0.2, -0.15) is 0 Å². The number of para-hydroxylation sites is 1. The Labute approximate surface area is 140 Å². The van der Waals surface area contributed by atoms with Crippen LogP contribution < -0.4 is 4.90 Å². The van der Waals surface area contributed by atoms with Crippen molar-refractivity contribution >= 4 is 11.4 Å². The lowest BCUT2D eigenvalue weighted by Gasteiger charge is -2.63. The topological polar surface area (TPSA) is 58.8 Å². The fourth-order valence-electron chi connectivity index (χ4n) is 4.80. The molecule has 3 fully saturated rings. The van der Waals surface area contributed by atoms with Crippen molar-refractivity contribution in [2.24, 2.45) is 0 Å². The molecule has 0 aliphatic carbocycles. The van der Waals surface area contributed by atoms with E-state index in [1.165, 1.54) is 24.6 Å². The van der Waals surface area contributed by atoms with Gasteiger partial charge in [0, 0.05) is 36.8 Å². The van der Waals surface area contributed by atoms with Gasteiger partial charge >= 0.3 is 0 Å². The molecule has 3 aliphatic rings. The summed E-state index contributed by atoms with van der Waals surface area (Å²) in [6, 6.07) is 5.03. The number of piperidine rings is 1. The van der Waals surface area contributed by atoms with Crippen LogP contribution in [-0.4, -0.2) is 53.7 Å². The number of nitro benzene ring substituents is 1. The van der Waals surface area contributed by atoms with Crippen LogP contribution in [0.5, 0.6) is 0 Å². The van der Waals surface area contributed by atoms with Crippen molar-refractivity contribution in [3.8, 4) is 0 Å². The second-order valence-corrected chi connectivity index (χ2v) is 7.36. The highest BCUT2D eigenvalue weighted by molar-refractivity contribution is 5.64. The Balaban J connectivity index is 1.49. The summed E-state index contributed by atoms with van der Waals surface area (Å²) in [5, 5.41) is 11.2. The van der Waals surface area contributed by atoms with Gasteiger partial charge in [0.05, 0.1) is 18.1 Å². The Bertz CT molecular complexity index is 658. The zero-order valence-electron chi connectivity index (χ0n) is 13.8. The van der Waals surface area contributed by atoms with E-state index in [9.17, 15) is 14.5 Å². The Hall–Kier alpha value is -1.73. The average Bonchev–Trinajstić information content (AvgIpc) is 2.55. The van der Waals surface area contributed by atoms with E-state index in [1.807, 2.05) is 4.90 Å². The van der Waals surface area contributed by atoms with Crippen molar-refractivity contribution in [3.63, 3.8) is 0 Å². The Morgan fingerprint density at radius 2 is 2.08 bits per heavy atom. The number of hydrogen-bond donors (Lipinski definition) is 0. The Morgan fingerprint density at radius 1 is 1.33 bits per heavy atom. The van der Waals surface area contributed by atoms with Crippen LogP contribution in [0.2, 0.25) is 0 Å². The van der Waals surface area contributed by atoms with Gasteiger partial charge in [-0.1, -0.05) is 6.07 Å². The number of likely N-dealkylation sites (tertiary alicyclic amines) is 1. The Kier molecular flexibility index (Phi) is 3.73. The maximum absolute atomic E-state index is 14.2. The number of ether oxygens (including phenoxy) is 1. The van der Waals surface area contributed by atoms with Gasteiger partial charge in [0.15, 0.2) is 11.5 Å². The minimum atomic E-state index is -0.510. The SMILES string of the molecule is CC12COCC(C1)N2C1CCN(c2c(F)cccc2[N+](=O)[O-])CC1. The third-order valence-corrected chi connectivity index (χ3v) is 5.75. The number of halogens is 1. The molecule has 0 N–H and O–H groups in total. The number of benzene rings is 1. The van der Waals surface area contributed by atoms with E-state index in [1.54, 1.807) is 0 Å². The molecule has 3 saturated heterocycles. The number of nitro groups is 1. The first-order chi connectivity index (χ1) is 11.5. The predicted octanol–water partition coefficient (Wildman–Crippen LogP) is 2.57. The molecule has 6 nitrogen and oxygen atoms in total. The van der Waals surface area contributed by atoms with Crippen LogP contribution in [0, 0.1) is 15.9 Å². The molecule has 3 aliphatic heterocycles. The lowest BCUT2D eigenvalue weighted by atomic mass is 9.75. The largest absolute Gasteiger partial charge is 0.378 e. The molecule has 1 aromatic rings. The molecule has 4 rings (SSSR count). The zero-order valence-corrected chi connectivity index (χ0v) is 13.8. The summed E-state index contributed by atoms with van der Waals surface area (Å²) in [7, 11) is 0. The lowest BCUT2D eigenvalue weighted by Crippen LogP contribution is -2.74. The van der Waals surface area contributed by atoms with Gasteiger partial charge in [0.25, 0.3) is 5.69 Å². The van der Waals surface area contributed by atoms with Crippen LogP contribution in [-0.2, 0) is 4.74 Å². The van der Waals surface area contributed by atoms with Gasteiger partial charge in [-0.05, 0) is 32.3 Å². The second kappa shape index (κ2) is 5.67. The number of morpholine rings is 1. The van der Waals surface area contributed by atoms with E-state index in [0.29, 0.717) is 25.2 Å². The molecule has 130 valence electrons. The van der Waals surface area contributed by atoms with E-state index in [0.717, 1.165) is 26.1 Å². The molecule has 0 saturated carbocycles. The third kappa shape index (κ3) is 2.38. The van der Waals surface area contributed by atoms with Crippen LogP contribution in [0.25, 0.3) is 0 Å². The van der Waals surface area contributed by atoms with Crippen molar-refractivity contribution in [2.75, 3.05) is 31.2 Å². The van der Waals surface area contributed by atoms with E-state index in [-0.39, 0.29) is 16.9 Å². The zero-order chi connectivity index (χ0) is 16.9. The van der Waals surface area contributed by atoms with Crippen LogP contribution in [0.15, 0.2) is 18.2 Å². The van der Waals surface area contributed by atoms with Gasteiger partial charge in [-0.25, -0.2) is 4.39 Å². The summed E-state index contributed by atoms with van der Waals surface area (Å²) < 4.78 is 19.8. The van der Waals surface area contributed by atoms with Crippen molar-refractivity contribution in [1.29, 1.82) is 0 Å². The van der Waals surface area contributed by atoms with Gasteiger partial charge in [-0.15, -0.1) is 0 Å². The first-order valence-corrected chi connectivity index (χ1v) is 8.54. The standard InChI is InChI=1S/C17H22FN3O3/c1-17-9-13(10-24-11-17)20(17)12-5-7-19(8-6-12)16-14(18)3-2-4-15(16)21(22)23/h2-4,12-13H,5-11H2,1H3. The minimum absolute atomic E-state index is 0.138. The first-order valence-electron chi connectivity index (χ1n) is 8.54. The number of fused-ring (bicyclic) bond motifs is 2. The van der Waals surface area contributed by atoms with Crippen LogP contribution in [0.4, 0.5) is 15.8 Å².